The van der Waals surface area contributed by atoms with Gasteiger partial charge in [-0.25, -0.2) is 4.79 Å². The molecule has 20 nitrogen and oxygen atoms in total. The Morgan fingerprint density at radius 1 is 0.623 bits per heavy atom. The number of nitrogen functional groups attached to an aromatic ring is 1. The van der Waals surface area contributed by atoms with Gasteiger partial charge < -0.3 is 75.4 Å². The summed E-state index contributed by atoms with van der Waals surface area (Å²) in [6, 6.07) is 8.57. The van der Waals surface area contributed by atoms with Gasteiger partial charge in [0.25, 0.3) is 0 Å². The minimum atomic E-state index is -4.75. The number of carbonyl (C=O) groups excluding carboxylic acids is 4. The van der Waals surface area contributed by atoms with Gasteiger partial charge in [-0.3, -0.25) is 24.4 Å². The second-order valence-electron chi connectivity index (χ2n) is 15.8. The molecule has 3 aromatic carbocycles. The van der Waals surface area contributed by atoms with Crippen LogP contribution in [0.25, 0.3) is 0 Å². The molecule has 2 atom stereocenters. The number of rotatable bonds is 19. The van der Waals surface area contributed by atoms with Crippen molar-refractivity contribution in [3.05, 3.63) is 59.7 Å². The lowest BCUT2D eigenvalue weighted by Crippen LogP contribution is -2.25. The molecule has 69 heavy (non-hydrogen) atoms. The predicted octanol–water partition coefficient (Wildman–Crippen LogP) is 4.84. The zero-order valence-electron chi connectivity index (χ0n) is 37.7. The molecular formula is C43H58F6N14O6. The van der Waals surface area contributed by atoms with Crippen LogP contribution < -0.4 is 75.4 Å². The monoisotopic (exact) mass is 980 g/mol. The molecule has 2 heterocycles. The highest BCUT2D eigenvalue weighted by Gasteiger charge is 2.35. The van der Waals surface area contributed by atoms with Crippen molar-refractivity contribution < 1.29 is 55.0 Å². The van der Waals surface area contributed by atoms with E-state index in [1.54, 1.807) is 24.3 Å². The van der Waals surface area contributed by atoms with Crippen LogP contribution >= 0.6 is 0 Å². The van der Waals surface area contributed by atoms with Crippen molar-refractivity contribution in [2.75, 3.05) is 71.6 Å². The molecule has 2 unspecified atom stereocenters. The molecule has 0 aliphatic carbocycles. The number of hydrogen-bond donors (Lipinski definition) is 12. The fraction of sp³-hybridized carbons (Fsp3) is 0.442. The summed E-state index contributed by atoms with van der Waals surface area (Å²) in [6.45, 7) is 4.14. The average molecular weight is 981 g/mol. The third-order valence-electron chi connectivity index (χ3n) is 9.92. The number of nitrogens with one attached hydrogen (secondary N) is 7. The molecule has 0 aromatic heterocycles. The Hall–Kier alpha value is -7.22. The minimum Gasteiger partial charge on any atom is -0.485 e. The van der Waals surface area contributed by atoms with E-state index in [4.69, 9.17) is 38.1 Å². The molecule has 2 fully saturated rings. The van der Waals surface area contributed by atoms with E-state index < -0.39 is 47.2 Å². The Morgan fingerprint density at radius 2 is 1.03 bits per heavy atom. The first-order chi connectivity index (χ1) is 32.6. The number of unbranched alkanes of at least 4 members (excludes halogenated alkanes) is 2. The zero-order valence-corrected chi connectivity index (χ0v) is 37.7. The first-order valence-electron chi connectivity index (χ1n) is 21.7. The molecule has 0 saturated carbocycles. The highest BCUT2D eigenvalue weighted by atomic mass is 19.4. The van der Waals surface area contributed by atoms with E-state index in [0.717, 1.165) is 24.3 Å². The second kappa shape index (κ2) is 25.8. The molecule has 2 aliphatic rings. The van der Waals surface area contributed by atoms with Crippen LogP contribution in [0.15, 0.2) is 58.5 Å². The predicted molar refractivity (Wildman–Crippen MR) is 251 cm³/mol. The summed E-state index contributed by atoms with van der Waals surface area (Å²) in [4.78, 5) is 56.9. The van der Waals surface area contributed by atoms with Gasteiger partial charge in [0.05, 0.1) is 33.9 Å². The number of anilines is 6. The first-order valence-corrected chi connectivity index (χ1v) is 21.7. The average Bonchev–Trinajstić information content (AvgIpc) is 3.98. The van der Waals surface area contributed by atoms with Gasteiger partial charge in [-0.15, -0.1) is 0 Å². The van der Waals surface area contributed by atoms with Crippen LogP contribution in [0.2, 0.25) is 0 Å². The van der Waals surface area contributed by atoms with Crippen molar-refractivity contribution in [2.24, 2.45) is 32.9 Å². The Kier molecular flexibility index (Phi) is 20.3. The fourth-order valence-electron chi connectivity index (χ4n) is 6.68. The van der Waals surface area contributed by atoms with E-state index in [-0.39, 0.29) is 71.2 Å². The lowest BCUT2D eigenvalue weighted by Gasteiger charge is -2.22. The number of nitrogens with two attached hydrogens (primary N) is 5. The maximum absolute atomic E-state index is 13.8. The summed E-state index contributed by atoms with van der Waals surface area (Å²) in [5.41, 5.74) is 24.6. The molecule has 2 aliphatic heterocycles. The van der Waals surface area contributed by atoms with Crippen LogP contribution in [-0.4, -0.2) is 87.1 Å². The van der Waals surface area contributed by atoms with E-state index in [2.05, 4.69) is 47.2 Å². The molecular weight excluding hydrogens is 923 g/mol. The van der Waals surface area contributed by atoms with Gasteiger partial charge in [-0.2, -0.15) is 26.3 Å². The second-order valence-corrected chi connectivity index (χ2v) is 15.8. The number of amides is 5. The van der Waals surface area contributed by atoms with Crippen LogP contribution in [0.5, 0.6) is 11.5 Å². The molecule has 0 bridgehead atoms. The number of alkyl halides is 6. The van der Waals surface area contributed by atoms with E-state index in [1.165, 1.54) is 6.92 Å². The molecule has 0 spiro atoms. The normalized spacial score (nSPS) is 15.4. The van der Waals surface area contributed by atoms with Crippen molar-refractivity contribution >= 4 is 69.8 Å². The van der Waals surface area contributed by atoms with Crippen molar-refractivity contribution in [3.8, 4) is 11.5 Å². The molecule has 0 radical (unpaired) electrons. The van der Waals surface area contributed by atoms with Crippen molar-refractivity contribution in [1.82, 2.24) is 10.6 Å². The van der Waals surface area contributed by atoms with Crippen molar-refractivity contribution in [1.29, 1.82) is 0 Å². The number of hydrogen-bond acceptors (Lipinski definition) is 11. The molecule has 3 aromatic rings. The van der Waals surface area contributed by atoms with Crippen LogP contribution in [0.1, 0.15) is 69.4 Å². The topological polar surface area (TPSA) is 326 Å². The molecule has 2 saturated heterocycles. The van der Waals surface area contributed by atoms with Gasteiger partial charge in [0, 0.05) is 57.3 Å². The van der Waals surface area contributed by atoms with Crippen LogP contribution in [-0.2, 0) is 26.7 Å². The maximum Gasteiger partial charge on any atom is 0.416 e. The summed E-state index contributed by atoms with van der Waals surface area (Å²) >= 11 is 0. The van der Waals surface area contributed by atoms with E-state index >= 15 is 0 Å². The van der Waals surface area contributed by atoms with Gasteiger partial charge in [-0.05, 0) is 100 Å². The smallest absolute Gasteiger partial charge is 0.416 e. The van der Waals surface area contributed by atoms with E-state index in [0.29, 0.717) is 89.2 Å². The van der Waals surface area contributed by atoms with E-state index in [9.17, 15) is 45.5 Å². The summed E-state index contributed by atoms with van der Waals surface area (Å²) in [6.07, 6.45) is -6.95. The SMILES string of the molecule is CC(=O)Nc1cc(C(F)(F)F)cc(NC(=O)CCCCN=C(N)N)c1OC1CCNC1.NC(N)=NCCCCC(=O)Nc1cc(C(F)(F)F)cc(NC(=O)Nc2ccc(N)cc2)c1OC1CCNC1. The number of guanidine groups is 2. The number of nitrogens with zero attached hydrogens (tertiary/aromatic N) is 2. The number of carbonyl (C=O) groups is 4. The fourth-order valence-corrected chi connectivity index (χ4v) is 6.68. The van der Waals surface area contributed by atoms with Crippen molar-refractivity contribution in [2.45, 2.75) is 82.9 Å². The van der Waals surface area contributed by atoms with Crippen molar-refractivity contribution in [3.63, 3.8) is 0 Å². The molecule has 5 rings (SSSR count). The van der Waals surface area contributed by atoms with Gasteiger partial charge in [0.1, 0.15) is 12.2 Å². The number of benzene rings is 3. The third kappa shape index (κ3) is 19.1. The Morgan fingerprint density at radius 3 is 1.39 bits per heavy atom. The first kappa shape index (κ1) is 54.4. The van der Waals surface area contributed by atoms with Gasteiger partial charge in [0.15, 0.2) is 23.4 Å². The molecule has 5 amide bonds. The quantitative estimate of drug-likeness (QED) is 0.0252. The number of halogens is 6. The van der Waals surface area contributed by atoms with Gasteiger partial charge in [0.2, 0.25) is 17.7 Å². The Balaban J connectivity index is 0.000000307. The highest BCUT2D eigenvalue weighted by Crippen LogP contribution is 2.43. The molecule has 378 valence electrons. The third-order valence-corrected chi connectivity index (χ3v) is 9.92. The van der Waals surface area contributed by atoms with Crippen LogP contribution in [0.3, 0.4) is 0 Å². The summed E-state index contributed by atoms with van der Waals surface area (Å²) < 4.78 is 93.4. The number of aliphatic imine (C=N–C) groups is 2. The Bertz CT molecular complexity index is 2280. The minimum absolute atomic E-state index is 0.00856. The molecule has 26 heteroatoms. The summed E-state index contributed by atoms with van der Waals surface area (Å²) in [5.74, 6) is -1.79. The zero-order chi connectivity index (χ0) is 50.7. The largest absolute Gasteiger partial charge is 0.485 e. The summed E-state index contributed by atoms with van der Waals surface area (Å²) in [7, 11) is 0. The van der Waals surface area contributed by atoms with Gasteiger partial charge in [-0.1, -0.05) is 0 Å². The maximum atomic E-state index is 13.8. The van der Waals surface area contributed by atoms with E-state index in [1.807, 2.05) is 0 Å². The summed E-state index contributed by atoms with van der Waals surface area (Å²) in [5, 5.41) is 18.5. The lowest BCUT2D eigenvalue weighted by molar-refractivity contribution is -0.138. The van der Waals surface area contributed by atoms with Crippen LogP contribution in [0.4, 0.5) is 65.3 Å². The molecule has 17 N–H and O–H groups in total. The number of urea groups is 1. The lowest BCUT2D eigenvalue weighted by atomic mass is 10.1. The number of ether oxygens (including phenoxy) is 2. The highest BCUT2D eigenvalue weighted by molar-refractivity contribution is 6.03. The Labute approximate surface area is 393 Å². The standard InChI is InChI=1S/C24H31F3N8O3.C19H27F3N6O3/c25-24(26,27)14-11-18(34-20(36)3-1-2-9-32-22(29)30)21(38-17-8-10-31-13-17)19(12-14)35-23(37)33-16-6-4-15(28)5-7-16;1-11(29)27-14-8-12(19(20,21)22)9-15(17(14)31-13-5-7-25-10-13)28-16(30)4-2-3-6-26-18(23)24/h4-7,11-12,17,31H,1-3,8-10,13,28H2,(H,34,36)(H4,29,30,32)(H2,33,35,37);8-9,13,25H,2-7,10H2,1H3,(H,27,29)(H,28,30)(H4,23,24,26). The van der Waals surface area contributed by atoms with Gasteiger partial charge >= 0.3 is 18.4 Å². The van der Waals surface area contributed by atoms with Crippen LogP contribution in [0, 0.1) is 0 Å².